The van der Waals surface area contributed by atoms with Gasteiger partial charge in [-0.25, -0.2) is 5.10 Å². The number of nitrogens with one attached hydrogen (secondary N) is 1. The first kappa shape index (κ1) is 23.6. The second-order valence-corrected chi connectivity index (χ2v) is 9.11. The van der Waals surface area contributed by atoms with E-state index in [0.29, 0.717) is 43.4 Å². The monoisotopic (exact) mass is 482 g/mol. The van der Waals surface area contributed by atoms with Crippen LogP contribution in [0.15, 0.2) is 85.3 Å². The molecule has 1 saturated heterocycles. The molecule has 2 unspecified atom stereocenters. The number of ether oxygens (including phenoxy) is 1. The van der Waals surface area contributed by atoms with E-state index in [1.165, 1.54) is 16.7 Å². The van der Waals surface area contributed by atoms with Crippen molar-refractivity contribution in [2.45, 2.75) is 19.0 Å². The lowest BCUT2D eigenvalue weighted by Gasteiger charge is -2.45. The number of nitrogens with two attached hydrogens (primary N) is 1. The third-order valence-corrected chi connectivity index (χ3v) is 6.53. The maximum atomic E-state index is 13.3. The van der Waals surface area contributed by atoms with Gasteiger partial charge in [0.05, 0.1) is 29.5 Å². The number of amides is 1. The normalized spacial score (nSPS) is 17.0. The summed E-state index contributed by atoms with van der Waals surface area (Å²) in [5, 5.41) is 6.85. The molecule has 1 aliphatic rings. The molecular formula is C28H30N6O2. The molecule has 1 amide bonds. The van der Waals surface area contributed by atoms with Crippen molar-refractivity contribution < 1.29 is 9.53 Å². The first-order valence-electron chi connectivity index (χ1n) is 12.1. The molecule has 3 heterocycles. The van der Waals surface area contributed by atoms with Crippen LogP contribution < -0.4 is 10.5 Å². The predicted octanol–water partition coefficient (Wildman–Crippen LogP) is 3.69. The number of H-pyrrole nitrogens is 1. The molecule has 0 saturated carbocycles. The van der Waals surface area contributed by atoms with E-state index < -0.39 is 0 Å². The molecule has 0 aliphatic carbocycles. The number of rotatable bonds is 7. The topological polar surface area (TPSA) is 100 Å². The molecule has 184 valence electrons. The number of hydrogen-bond donors (Lipinski definition) is 2. The number of piperazine rings is 1. The van der Waals surface area contributed by atoms with Crippen LogP contribution in [0.25, 0.3) is 0 Å². The van der Waals surface area contributed by atoms with Gasteiger partial charge in [0.2, 0.25) is 5.88 Å². The van der Waals surface area contributed by atoms with Crippen LogP contribution in [0.1, 0.15) is 33.1 Å². The summed E-state index contributed by atoms with van der Waals surface area (Å²) in [5.41, 5.74) is 10.5. The van der Waals surface area contributed by atoms with Crippen molar-refractivity contribution in [3.05, 3.63) is 108 Å². The summed E-state index contributed by atoms with van der Waals surface area (Å²) in [4.78, 5) is 21.8. The highest BCUT2D eigenvalue weighted by molar-refractivity contribution is 5.94. The summed E-state index contributed by atoms with van der Waals surface area (Å²) in [6, 6.07) is 22.6. The number of aryl methyl sites for hydroxylation is 1. The van der Waals surface area contributed by atoms with Crippen molar-refractivity contribution in [2.24, 2.45) is 0 Å². The van der Waals surface area contributed by atoms with Crippen molar-refractivity contribution >= 4 is 11.6 Å². The fraction of sp³-hybridized carbons (Fsp3) is 0.250. The summed E-state index contributed by atoms with van der Waals surface area (Å²) in [6.45, 7) is 4.29. The van der Waals surface area contributed by atoms with Crippen LogP contribution in [0.4, 0.5) is 5.69 Å². The number of nitrogens with zero attached hydrogens (tertiary/aromatic N) is 4. The number of aromatic nitrogens is 3. The van der Waals surface area contributed by atoms with Crippen LogP contribution in [0.5, 0.6) is 5.88 Å². The molecule has 4 aromatic rings. The van der Waals surface area contributed by atoms with Crippen molar-refractivity contribution in [3.63, 3.8) is 0 Å². The van der Waals surface area contributed by atoms with E-state index in [-0.39, 0.29) is 18.0 Å². The summed E-state index contributed by atoms with van der Waals surface area (Å²) < 4.78 is 6.08. The molecular weight excluding hydrogens is 452 g/mol. The molecule has 0 radical (unpaired) electrons. The van der Waals surface area contributed by atoms with Crippen molar-refractivity contribution in [1.29, 1.82) is 0 Å². The highest BCUT2D eigenvalue weighted by Gasteiger charge is 2.36. The highest BCUT2D eigenvalue weighted by Crippen LogP contribution is 2.33. The lowest BCUT2D eigenvalue weighted by molar-refractivity contribution is 0.0229. The van der Waals surface area contributed by atoms with Gasteiger partial charge in [-0.15, -0.1) is 0 Å². The number of aromatic amines is 1. The van der Waals surface area contributed by atoms with Gasteiger partial charge in [0.25, 0.3) is 5.91 Å². The number of pyridine rings is 1. The Morgan fingerprint density at radius 1 is 1.08 bits per heavy atom. The highest BCUT2D eigenvalue weighted by atomic mass is 16.5. The molecule has 1 fully saturated rings. The molecule has 2 aromatic carbocycles. The van der Waals surface area contributed by atoms with Gasteiger partial charge < -0.3 is 15.4 Å². The molecule has 8 heteroatoms. The number of nitrogen functional groups attached to an aromatic ring is 1. The van der Waals surface area contributed by atoms with Gasteiger partial charge in [-0.1, -0.05) is 60.2 Å². The standard InChI is InChI=1S/C28H30N6O2/c1-20-6-5-9-22(14-20)27(21-7-3-2-4-8-21)34-13-12-33(28(35)23-15-24(29)17-30-16-23)18-25(34)19-36-26-10-11-31-32-26/h2-11,14-17,25,27H,12-13,18-19,29H2,1H3,(H,31,32). The summed E-state index contributed by atoms with van der Waals surface area (Å²) >= 11 is 0. The minimum atomic E-state index is -0.0761. The first-order valence-corrected chi connectivity index (χ1v) is 12.1. The van der Waals surface area contributed by atoms with E-state index >= 15 is 0 Å². The van der Waals surface area contributed by atoms with Crippen molar-refractivity contribution in [2.75, 3.05) is 32.0 Å². The molecule has 36 heavy (non-hydrogen) atoms. The van der Waals surface area contributed by atoms with Crippen LogP contribution in [0.3, 0.4) is 0 Å². The van der Waals surface area contributed by atoms with Gasteiger partial charge in [-0.3, -0.25) is 14.7 Å². The zero-order valence-electron chi connectivity index (χ0n) is 20.2. The van der Waals surface area contributed by atoms with Gasteiger partial charge in [0.15, 0.2) is 0 Å². The lowest BCUT2D eigenvalue weighted by Crippen LogP contribution is -2.57. The molecule has 0 bridgehead atoms. The quantitative estimate of drug-likeness (QED) is 0.417. The Labute approximate surface area is 210 Å². The number of carbonyl (C=O) groups excluding carboxylic acids is 1. The lowest BCUT2D eigenvalue weighted by atomic mass is 9.93. The van der Waals surface area contributed by atoms with Gasteiger partial charge in [-0.05, 0) is 24.1 Å². The molecule has 0 spiro atoms. The van der Waals surface area contributed by atoms with Crippen LogP contribution in [-0.4, -0.2) is 63.2 Å². The van der Waals surface area contributed by atoms with Gasteiger partial charge >= 0.3 is 0 Å². The average Bonchev–Trinajstić information content (AvgIpc) is 3.42. The largest absolute Gasteiger partial charge is 0.476 e. The van der Waals surface area contributed by atoms with E-state index in [0.717, 1.165) is 0 Å². The summed E-state index contributed by atoms with van der Waals surface area (Å²) in [6.07, 6.45) is 4.78. The smallest absolute Gasteiger partial charge is 0.255 e. The minimum Gasteiger partial charge on any atom is -0.476 e. The van der Waals surface area contributed by atoms with Gasteiger partial charge in [0, 0.05) is 38.1 Å². The molecule has 2 atom stereocenters. The SMILES string of the molecule is Cc1cccc(C(c2ccccc2)N2CCN(C(=O)c3cncc(N)c3)CC2COc2ccn[nH]2)c1. The maximum absolute atomic E-state index is 13.3. The van der Waals surface area contributed by atoms with E-state index in [4.69, 9.17) is 10.5 Å². The first-order chi connectivity index (χ1) is 17.6. The Bertz CT molecular complexity index is 1290. The van der Waals surface area contributed by atoms with E-state index in [1.807, 2.05) is 11.0 Å². The Balaban J connectivity index is 1.47. The van der Waals surface area contributed by atoms with Crippen molar-refractivity contribution in [3.8, 4) is 5.88 Å². The fourth-order valence-corrected chi connectivity index (χ4v) is 4.86. The molecule has 1 aliphatic heterocycles. The fourth-order valence-electron chi connectivity index (χ4n) is 4.86. The zero-order valence-corrected chi connectivity index (χ0v) is 20.2. The third kappa shape index (κ3) is 5.23. The third-order valence-electron chi connectivity index (χ3n) is 6.53. The minimum absolute atomic E-state index is 0.0211. The van der Waals surface area contributed by atoms with Crippen LogP contribution in [-0.2, 0) is 0 Å². The van der Waals surface area contributed by atoms with E-state index in [2.05, 4.69) is 75.5 Å². The second-order valence-electron chi connectivity index (χ2n) is 9.11. The van der Waals surface area contributed by atoms with Crippen LogP contribution in [0, 0.1) is 6.92 Å². The Kier molecular flexibility index (Phi) is 6.95. The summed E-state index contributed by atoms with van der Waals surface area (Å²) in [7, 11) is 0. The Hall–Kier alpha value is -4.17. The van der Waals surface area contributed by atoms with Gasteiger partial charge in [0.1, 0.15) is 6.61 Å². The van der Waals surface area contributed by atoms with Gasteiger partial charge in [-0.2, -0.15) is 5.10 Å². The summed E-state index contributed by atoms with van der Waals surface area (Å²) in [5.74, 6) is 0.526. The number of carbonyl (C=O) groups is 1. The molecule has 3 N–H and O–H groups in total. The van der Waals surface area contributed by atoms with E-state index in [1.54, 1.807) is 30.7 Å². The second kappa shape index (κ2) is 10.6. The Morgan fingerprint density at radius 3 is 2.67 bits per heavy atom. The molecule has 8 nitrogen and oxygen atoms in total. The number of hydrogen-bond acceptors (Lipinski definition) is 6. The average molecular weight is 483 g/mol. The zero-order chi connectivity index (χ0) is 24.9. The van der Waals surface area contributed by atoms with E-state index in [9.17, 15) is 4.79 Å². The predicted molar refractivity (Wildman–Crippen MR) is 139 cm³/mol. The molecule has 5 rings (SSSR count). The maximum Gasteiger partial charge on any atom is 0.255 e. The molecule has 2 aromatic heterocycles. The van der Waals surface area contributed by atoms with Crippen molar-refractivity contribution in [1.82, 2.24) is 25.0 Å². The number of anilines is 1. The van der Waals surface area contributed by atoms with Crippen LogP contribution in [0.2, 0.25) is 0 Å². The Morgan fingerprint density at radius 2 is 1.92 bits per heavy atom. The van der Waals surface area contributed by atoms with Crippen LogP contribution >= 0.6 is 0 Å². The number of benzene rings is 2.